The fourth-order valence-corrected chi connectivity index (χ4v) is 9.10. The Bertz CT molecular complexity index is 646. The molecule has 0 unspecified atom stereocenters. The van der Waals surface area contributed by atoms with Crippen LogP contribution in [0.25, 0.3) is 0 Å². The van der Waals surface area contributed by atoms with Crippen LogP contribution in [0.5, 0.6) is 0 Å². The highest BCUT2D eigenvalue weighted by Crippen LogP contribution is 2.65. The SMILES string of the molecule is CCSSC[C@@]12C(=CCC/C1=N\O)CC[C@H]1[C@@H]3CCC(=O)[C@@]3(C)CC[C@@H]12. The molecule has 0 amide bonds. The van der Waals surface area contributed by atoms with Gasteiger partial charge in [-0.25, -0.2) is 0 Å². The topological polar surface area (TPSA) is 49.7 Å². The molecule has 1 N–H and O–H groups in total. The third kappa shape index (κ3) is 2.63. The van der Waals surface area contributed by atoms with Crippen LogP contribution in [-0.2, 0) is 4.79 Å². The van der Waals surface area contributed by atoms with Crippen molar-refractivity contribution in [3.8, 4) is 0 Å². The van der Waals surface area contributed by atoms with E-state index in [-0.39, 0.29) is 10.8 Å². The van der Waals surface area contributed by atoms with Crippen LogP contribution < -0.4 is 0 Å². The van der Waals surface area contributed by atoms with Crippen molar-refractivity contribution in [2.75, 3.05) is 11.5 Å². The lowest BCUT2D eigenvalue weighted by atomic mass is 9.47. The lowest BCUT2D eigenvalue weighted by Gasteiger charge is -2.57. The molecule has 0 bridgehead atoms. The molecule has 0 heterocycles. The van der Waals surface area contributed by atoms with Crippen LogP contribution in [0.4, 0.5) is 0 Å². The summed E-state index contributed by atoms with van der Waals surface area (Å²) >= 11 is 0. The Hall–Kier alpha value is -0.420. The van der Waals surface area contributed by atoms with Crippen molar-refractivity contribution in [2.45, 2.75) is 65.2 Å². The van der Waals surface area contributed by atoms with Crippen molar-refractivity contribution in [3.63, 3.8) is 0 Å². The number of carbonyl (C=O) groups excluding carboxylic acids is 1. The zero-order valence-electron chi connectivity index (χ0n) is 16.0. The molecule has 3 nitrogen and oxygen atoms in total. The number of carbonyl (C=O) groups is 1. The van der Waals surface area contributed by atoms with Crippen molar-refractivity contribution in [2.24, 2.45) is 33.7 Å². The summed E-state index contributed by atoms with van der Waals surface area (Å²) in [4.78, 5) is 12.6. The maximum atomic E-state index is 12.6. The molecular weight excluding hydrogens is 362 g/mol. The van der Waals surface area contributed by atoms with Gasteiger partial charge >= 0.3 is 0 Å². The number of rotatable bonds is 4. The highest BCUT2D eigenvalue weighted by molar-refractivity contribution is 8.76. The molecule has 3 saturated carbocycles. The fourth-order valence-electron chi connectivity index (χ4n) is 6.79. The van der Waals surface area contributed by atoms with Gasteiger partial charge in [-0.15, -0.1) is 0 Å². The predicted molar refractivity (Wildman–Crippen MR) is 111 cm³/mol. The Morgan fingerprint density at radius 1 is 1.19 bits per heavy atom. The largest absolute Gasteiger partial charge is 0.411 e. The average molecular weight is 394 g/mol. The quantitative estimate of drug-likeness (QED) is 0.218. The third-order valence-electron chi connectivity index (χ3n) is 7.99. The van der Waals surface area contributed by atoms with E-state index in [2.05, 4.69) is 25.1 Å². The van der Waals surface area contributed by atoms with E-state index in [1.165, 1.54) is 12.0 Å². The van der Waals surface area contributed by atoms with E-state index in [4.69, 9.17) is 0 Å². The van der Waals surface area contributed by atoms with Gasteiger partial charge in [0.2, 0.25) is 0 Å². The number of hydrogen-bond donors (Lipinski definition) is 1. The highest BCUT2D eigenvalue weighted by atomic mass is 33.1. The zero-order chi connectivity index (χ0) is 18.4. The van der Waals surface area contributed by atoms with Gasteiger partial charge in [0.05, 0.1) is 5.71 Å². The summed E-state index contributed by atoms with van der Waals surface area (Å²) in [7, 11) is 3.87. The highest BCUT2D eigenvalue weighted by Gasteiger charge is 2.61. The van der Waals surface area contributed by atoms with E-state index in [0.717, 1.165) is 62.2 Å². The molecule has 0 radical (unpaired) electrons. The van der Waals surface area contributed by atoms with Crippen molar-refractivity contribution in [3.05, 3.63) is 11.6 Å². The number of allylic oxidation sites excluding steroid dienone is 2. The molecule has 144 valence electrons. The number of oxime groups is 1. The van der Waals surface area contributed by atoms with Crippen molar-refractivity contribution in [1.82, 2.24) is 0 Å². The predicted octanol–water partition coefficient (Wildman–Crippen LogP) is 5.73. The molecular formula is C21H31NO2S2. The Morgan fingerprint density at radius 2 is 2.04 bits per heavy atom. The van der Waals surface area contributed by atoms with Gasteiger partial charge in [0, 0.05) is 28.8 Å². The number of ketones is 1. The smallest absolute Gasteiger partial charge is 0.139 e. The van der Waals surface area contributed by atoms with E-state index in [1.807, 2.05) is 21.6 Å². The van der Waals surface area contributed by atoms with Gasteiger partial charge in [0.25, 0.3) is 0 Å². The molecule has 0 saturated heterocycles. The summed E-state index contributed by atoms with van der Waals surface area (Å²) in [6.45, 7) is 4.44. The minimum absolute atomic E-state index is 0.0598. The zero-order valence-corrected chi connectivity index (χ0v) is 17.6. The summed E-state index contributed by atoms with van der Waals surface area (Å²) in [5, 5.41) is 13.8. The molecule has 0 aromatic heterocycles. The van der Waals surface area contributed by atoms with E-state index in [9.17, 15) is 10.0 Å². The molecule has 0 aromatic carbocycles. The number of Topliss-reactive ketones (excluding diaryl/α,β-unsaturated/α-hetero) is 1. The van der Waals surface area contributed by atoms with Crippen LogP contribution in [0.15, 0.2) is 16.8 Å². The summed E-state index contributed by atoms with van der Waals surface area (Å²) in [5.74, 6) is 4.33. The first-order chi connectivity index (χ1) is 12.6. The average Bonchev–Trinajstić information content (AvgIpc) is 2.96. The van der Waals surface area contributed by atoms with Gasteiger partial charge < -0.3 is 5.21 Å². The molecule has 26 heavy (non-hydrogen) atoms. The molecule has 5 atom stereocenters. The first-order valence-electron chi connectivity index (χ1n) is 10.3. The molecule has 0 spiro atoms. The minimum Gasteiger partial charge on any atom is -0.411 e. The van der Waals surface area contributed by atoms with Gasteiger partial charge in [-0.3, -0.25) is 4.79 Å². The van der Waals surface area contributed by atoms with Crippen LogP contribution in [0, 0.1) is 28.6 Å². The molecule has 4 aliphatic rings. The first-order valence-corrected chi connectivity index (χ1v) is 12.8. The lowest BCUT2D eigenvalue weighted by Crippen LogP contribution is -2.55. The maximum Gasteiger partial charge on any atom is 0.139 e. The van der Waals surface area contributed by atoms with Gasteiger partial charge in [-0.05, 0) is 62.7 Å². The van der Waals surface area contributed by atoms with Gasteiger partial charge in [0.1, 0.15) is 5.78 Å². The van der Waals surface area contributed by atoms with Crippen LogP contribution in [-0.4, -0.2) is 28.2 Å². The lowest BCUT2D eigenvalue weighted by molar-refractivity contribution is -0.131. The van der Waals surface area contributed by atoms with E-state index < -0.39 is 0 Å². The maximum absolute atomic E-state index is 12.6. The molecule has 3 fully saturated rings. The molecule has 4 aliphatic carbocycles. The molecule has 0 aliphatic heterocycles. The second kappa shape index (κ2) is 7.20. The fraction of sp³-hybridized carbons (Fsp3) is 0.810. The number of nitrogens with zero attached hydrogens (tertiary/aromatic N) is 1. The molecule has 5 heteroatoms. The van der Waals surface area contributed by atoms with Gasteiger partial charge in [-0.1, -0.05) is 52.2 Å². The van der Waals surface area contributed by atoms with Gasteiger partial charge in [-0.2, -0.15) is 0 Å². The summed E-state index contributed by atoms with van der Waals surface area (Å²) < 4.78 is 0. The first kappa shape index (κ1) is 18.9. The van der Waals surface area contributed by atoms with Crippen LogP contribution >= 0.6 is 21.6 Å². The summed E-state index contributed by atoms with van der Waals surface area (Å²) in [6, 6.07) is 0. The number of fused-ring (bicyclic) bond motifs is 5. The third-order valence-corrected chi connectivity index (χ3v) is 10.5. The van der Waals surface area contributed by atoms with E-state index in [0.29, 0.717) is 23.5 Å². The number of hydrogen-bond acceptors (Lipinski definition) is 5. The normalized spacial score (nSPS) is 43.6. The summed E-state index contributed by atoms with van der Waals surface area (Å²) in [5.41, 5.74) is 2.42. The van der Waals surface area contributed by atoms with Gasteiger partial charge in [0.15, 0.2) is 0 Å². The Kier molecular flexibility index (Phi) is 5.24. The second-order valence-electron chi connectivity index (χ2n) is 8.79. The molecule has 4 rings (SSSR count). The Labute approximate surface area is 165 Å². The minimum atomic E-state index is -0.0833. The van der Waals surface area contributed by atoms with E-state index >= 15 is 0 Å². The monoisotopic (exact) mass is 393 g/mol. The summed E-state index contributed by atoms with van der Waals surface area (Å²) in [6.07, 6.45) is 10.7. The van der Waals surface area contributed by atoms with Crippen LogP contribution in [0.3, 0.4) is 0 Å². The standard InChI is InChI=1S/C21H31NO2S2/c1-3-25-26-13-21-14(5-4-6-18(21)22-24)7-8-15-16-9-10-19(23)20(16,2)12-11-17(15)21/h5,15-17,24H,3-4,6-13H2,1-2H3/b22-18+/t15-,16-,17-,20-,21-/m0/s1. The van der Waals surface area contributed by atoms with Crippen molar-refractivity contribution in [1.29, 1.82) is 0 Å². The Balaban J connectivity index is 1.73. The van der Waals surface area contributed by atoms with Crippen LogP contribution in [0.2, 0.25) is 0 Å². The second-order valence-corrected chi connectivity index (χ2v) is 11.5. The van der Waals surface area contributed by atoms with Crippen LogP contribution in [0.1, 0.15) is 65.2 Å². The Morgan fingerprint density at radius 3 is 2.81 bits per heavy atom. The molecule has 0 aromatic rings. The van der Waals surface area contributed by atoms with Crippen molar-refractivity contribution < 1.29 is 10.0 Å². The van der Waals surface area contributed by atoms with E-state index in [1.54, 1.807) is 0 Å². The van der Waals surface area contributed by atoms with Crippen molar-refractivity contribution >= 4 is 33.1 Å².